The second kappa shape index (κ2) is 6.45. The summed E-state index contributed by atoms with van der Waals surface area (Å²) in [5.41, 5.74) is 0.675. The number of hydrogen-bond acceptors (Lipinski definition) is 5. The van der Waals surface area contributed by atoms with Crippen LogP contribution in [0.25, 0.3) is 0 Å². The molecule has 0 bridgehead atoms. The Bertz CT molecular complexity index is 747. The highest BCUT2D eigenvalue weighted by atomic mass is 32.2. The molecule has 1 aromatic carbocycles. The molecule has 0 radical (unpaired) electrons. The maximum Gasteiger partial charge on any atom is 0.249 e. The Morgan fingerprint density at radius 3 is 2.72 bits per heavy atom. The van der Waals surface area contributed by atoms with Crippen LogP contribution in [0.5, 0.6) is 5.75 Å². The van der Waals surface area contributed by atoms with Gasteiger partial charge >= 0.3 is 0 Å². The number of aliphatic hydroxyl groups excluding tert-OH is 1. The molecule has 6 nitrogen and oxygen atoms in total. The van der Waals surface area contributed by atoms with Gasteiger partial charge in [-0.1, -0.05) is 6.07 Å². The molecule has 1 aliphatic carbocycles. The molecule has 0 aromatic heterocycles. The average Bonchev–Trinajstić information content (AvgIpc) is 3.28. The summed E-state index contributed by atoms with van der Waals surface area (Å²) in [6.45, 7) is 3.29. The highest BCUT2D eigenvalue weighted by Crippen LogP contribution is 2.43. The fourth-order valence-electron chi connectivity index (χ4n) is 3.99. The fourth-order valence-corrected chi connectivity index (χ4v) is 5.99. The molecule has 1 N–H and O–H groups in total. The van der Waals surface area contributed by atoms with Crippen LogP contribution in [0.4, 0.5) is 5.69 Å². The van der Waals surface area contributed by atoms with Gasteiger partial charge in [0.25, 0.3) is 0 Å². The van der Waals surface area contributed by atoms with E-state index in [1.807, 2.05) is 24.0 Å². The molecule has 2 aliphatic heterocycles. The Balaban J connectivity index is 1.86. The molecule has 2 atom stereocenters. The maximum absolute atomic E-state index is 13.5. The van der Waals surface area contributed by atoms with Crippen molar-refractivity contribution in [3.63, 3.8) is 0 Å². The third kappa shape index (κ3) is 3.02. The van der Waals surface area contributed by atoms with Gasteiger partial charge in [0.1, 0.15) is 10.6 Å². The summed E-state index contributed by atoms with van der Waals surface area (Å²) in [6.07, 6.45) is 4.38. The van der Waals surface area contributed by atoms with Crippen molar-refractivity contribution in [1.82, 2.24) is 4.31 Å². The van der Waals surface area contributed by atoms with Crippen LogP contribution >= 0.6 is 0 Å². The van der Waals surface area contributed by atoms with Crippen LogP contribution in [-0.4, -0.2) is 55.7 Å². The lowest BCUT2D eigenvalue weighted by molar-refractivity contribution is 0.186. The standard InChI is InChI=1S/C18H26N2O4S/c1-13-9-11-20(14-7-8-14)25(22,23)18-16(5-2-6-17(18)24-13)19-10-3-4-15(19)12-21/h2,5-6,13-15,21H,3-4,7-12H2,1H3/t13-,15-/m1/s1. The smallest absolute Gasteiger partial charge is 0.249 e. The Labute approximate surface area is 149 Å². The summed E-state index contributed by atoms with van der Waals surface area (Å²) >= 11 is 0. The first-order valence-corrected chi connectivity index (χ1v) is 10.7. The molecule has 0 unspecified atom stereocenters. The van der Waals surface area contributed by atoms with Crippen LogP contribution in [0.15, 0.2) is 23.1 Å². The highest BCUT2D eigenvalue weighted by Gasteiger charge is 2.43. The molecule has 1 saturated heterocycles. The zero-order valence-corrected chi connectivity index (χ0v) is 15.4. The van der Waals surface area contributed by atoms with Crippen molar-refractivity contribution in [1.29, 1.82) is 0 Å². The summed E-state index contributed by atoms with van der Waals surface area (Å²) in [5, 5.41) is 9.69. The van der Waals surface area contributed by atoms with Gasteiger partial charge in [0.2, 0.25) is 10.0 Å². The summed E-state index contributed by atoms with van der Waals surface area (Å²) in [6, 6.07) is 5.56. The lowest BCUT2D eigenvalue weighted by atomic mass is 10.2. The molecule has 7 heteroatoms. The quantitative estimate of drug-likeness (QED) is 0.886. The molecule has 25 heavy (non-hydrogen) atoms. The maximum atomic E-state index is 13.5. The van der Waals surface area contributed by atoms with Crippen LogP contribution in [0, 0.1) is 0 Å². The number of anilines is 1. The predicted octanol–water partition coefficient (Wildman–Crippen LogP) is 1.97. The molecule has 1 aromatic rings. The first-order chi connectivity index (χ1) is 12.0. The van der Waals surface area contributed by atoms with Gasteiger partial charge in [0.05, 0.1) is 24.4 Å². The van der Waals surface area contributed by atoms with E-state index in [1.54, 1.807) is 10.4 Å². The van der Waals surface area contributed by atoms with Crippen molar-refractivity contribution in [2.75, 3.05) is 24.6 Å². The van der Waals surface area contributed by atoms with Crippen LogP contribution in [-0.2, 0) is 10.0 Å². The van der Waals surface area contributed by atoms with E-state index in [-0.39, 0.29) is 29.7 Å². The summed E-state index contributed by atoms with van der Waals surface area (Å²) in [7, 11) is -3.62. The van der Waals surface area contributed by atoms with Crippen molar-refractivity contribution in [2.45, 2.75) is 62.1 Å². The molecule has 2 heterocycles. The van der Waals surface area contributed by atoms with Crippen LogP contribution in [0.2, 0.25) is 0 Å². The van der Waals surface area contributed by atoms with E-state index in [4.69, 9.17) is 4.74 Å². The van der Waals surface area contributed by atoms with E-state index < -0.39 is 10.0 Å². The van der Waals surface area contributed by atoms with Crippen molar-refractivity contribution < 1.29 is 18.3 Å². The fraction of sp³-hybridized carbons (Fsp3) is 0.667. The van der Waals surface area contributed by atoms with Crippen LogP contribution < -0.4 is 9.64 Å². The van der Waals surface area contributed by atoms with Gasteiger partial charge < -0.3 is 14.7 Å². The molecule has 2 fully saturated rings. The second-order valence-corrected chi connectivity index (χ2v) is 9.17. The van der Waals surface area contributed by atoms with Gasteiger partial charge in [0, 0.05) is 19.1 Å². The number of hydrogen-bond donors (Lipinski definition) is 1. The number of sulfonamides is 1. The largest absolute Gasteiger partial charge is 0.489 e. The Kier molecular flexibility index (Phi) is 4.42. The Morgan fingerprint density at radius 2 is 2.00 bits per heavy atom. The monoisotopic (exact) mass is 366 g/mol. The van der Waals surface area contributed by atoms with Gasteiger partial charge in [-0.05, 0) is 51.2 Å². The van der Waals surface area contributed by atoms with E-state index in [9.17, 15) is 13.5 Å². The first kappa shape index (κ1) is 17.1. The van der Waals surface area contributed by atoms with Gasteiger partial charge in [-0.3, -0.25) is 0 Å². The van der Waals surface area contributed by atoms with Crippen LogP contribution in [0.1, 0.15) is 39.0 Å². The normalized spacial score (nSPS) is 29.6. The number of fused-ring (bicyclic) bond motifs is 1. The minimum absolute atomic E-state index is 0.0288. The van der Waals surface area contributed by atoms with Gasteiger partial charge in [0.15, 0.2) is 0 Å². The minimum atomic E-state index is -3.62. The molecule has 0 spiro atoms. The summed E-state index contributed by atoms with van der Waals surface area (Å²) in [4.78, 5) is 2.32. The molecule has 138 valence electrons. The minimum Gasteiger partial charge on any atom is -0.489 e. The molecule has 4 rings (SSSR count). The summed E-state index contributed by atoms with van der Waals surface area (Å²) in [5.74, 6) is 0.443. The van der Waals surface area contributed by atoms with Crippen molar-refractivity contribution in [3.05, 3.63) is 18.2 Å². The summed E-state index contributed by atoms with van der Waals surface area (Å²) < 4.78 is 34.7. The van der Waals surface area contributed by atoms with E-state index >= 15 is 0 Å². The molecular formula is C18H26N2O4S. The average molecular weight is 366 g/mol. The SMILES string of the molecule is C[C@@H]1CCN(C2CC2)S(=O)(=O)c2c(cccc2N2CCC[C@@H]2CO)O1. The van der Waals surface area contributed by atoms with Gasteiger partial charge in [-0.25, -0.2) is 8.42 Å². The van der Waals surface area contributed by atoms with E-state index in [0.29, 0.717) is 24.4 Å². The topological polar surface area (TPSA) is 70.1 Å². The number of rotatable bonds is 3. The Morgan fingerprint density at radius 1 is 1.20 bits per heavy atom. The third-order valence-electron chi connectivity index (χ3n) is 5.46. The molecular weight excluding hydrogens is 340 g/mol. The van der Waals surface area contributed by atoms with Crippen molar-refractivity contribution in [2.24, 2.45) is 0 Å². The van der Waals surface area contributed by atoms with Crippen LogP contribution in [0.3, 0.4) is 0 Å². The number of aliphatic hydroxyl groups is 1. The third-order valence-corrected chi connectivity index (χ3v) is 7.48. The van der Waals surface area contributed by atoms with Crippen molar-refractivity contribution in [3.8, 4) is 5.75 Å². The Hall–Kier alpha value is -1.31. The van der Waals surface area contributed by atoms with E-state index in [1.165, 1.54) is 0 Å². The van der Waals surface area contributed by atoms with Crippen molar-refractivity contribution >= 4 is 15.7 Å². The number of benzene rings is 1. The zero-order valence-electron chi connectivity index (χ0n) is 14.6. The molecule has 3 aliphatic rings. The van der Waals surface area contributed by atoms with Gasteiger partial charge in [-0.15, -0.1) is 0 Å². The molecule has 1 saturated carbocycles. The lowest BCUT2D eigenvalue weighted by Crippen LogP contribution is -2.40. The predicted molar refractivity (Wildman–Crippen MR) is 95.5 cm³/mol. The second-order valence-electron chi connectivity index (χ2n) is 7.34. The lowest BCUT2D eigenvalue weighted by Gasteiger charge is -2.33. The van der Waals surface area contributed by atoms with Gasteiger partial charge in [-0.2, -0.15) is 4.31 Å². The zero-order chi connectivity index (χ0) is 17.6. The van der Waals surface area contributed by atoms with E-state index in [0.717, 1.165) is 32.2 Å². The first-order valence-electron chi connectivity index (χ1n) is 9.21. The molecule has 0 amide bonds. The highest BCUT2D eigenvalue weighted by molar-refractivity contribution is 7.89. The number of nitrogens with zero attached hydrogens (tertiary/aromatic N) is 2. The van der Waals surface area contributed by atoms with E-state index in [2.05, 4.69) is 0 Å². The number of ether oxygens (including phenoxy) is 1.